The van der Waals surface area contributed by atoms with Crippen LogP contribution in [0.2, 0.25) is 0 Å². The molecule has 2 aromatic heterocycles. The van der Waals surface area contributed by atoms with Crippen molar-refractivity contribution in [1.82, 2.24) is 9.97 Å². The highest BCUT2D eigenvalue weighted by Gasteiger charge is 2.30. The molecule has 0 radical (unpaired) electrons. The molecule has 0 aliphatic carbocycles. The van der Waals surface area contributed by atoms with Gasteiger partial charge in [0.05, 0.1) is 37.5 Å². The molecule has 0 fully saturated rings. The number of thiazole rings is 2. The Balaban J connectivity index is 1.14. The molecule has 200 valence electrons. The molecule has 0 aliphatic rings. The maximum atomic E-state index is 12.9. The van der Waals surface area contributed by atoms with Gasteiger partial charge in [0.15, 0.2) is 8.68 Å². The number of nitrogens with two attached hydrogens (primary N) is 1. The lowest BCUT2D eigenvalue weighted by Crippen LogP contribution is -2.14. The number of benzene rings is 3. The predicted molar refractivity (Wildman–Crippen MR) is 154 cm³/mol. The van der Waals surface area contributed by atoms with Gasteiger partial charge < -0.3 is 16.4 Å². The summed E-state index contributed by atoms with van der Waals surface area (Å²) in [6.07, 6.45) is -4.49. The van der Waals surface area contributed by atoms with E-state index in [1.165, 1.54) is 58.3 Å². The fourth-order valence-electron chi connectivity index (χ4n) is 3.45. The summed E-state index contributed by atoms with van der Waals surface area (Å²) in [5.41, 5.74) is 7.89. The minimum atomic E-state index is -4.49. The smallest absolute Gasteiger partial charge is 0.399 e. The van der Waals surface area contributed by atoms with Crippen molar-refractivity contribution >= 4 is 95.5 Å². The second kappa shape index (κ2) is 11.4. The average Bonchev–Trinajstić information content (AvgIpc) is 3.48. The van der Waals surface area contributed by atoms with Gasteiger partial charge in [-0.1, -0.05) is 29.6 Å². The van der Waals surface area contributed by atoms with Gasteiger partial charge in [0.2, 0.25) is 11.8 Å². The zero-order valence-corrected chi connectivity index (χ0v) is 23.0. The van der Waals surface area contributed by atoms with Crippen LogP contribution in [0, 0.1) is 0 Å². The van der Waals surface area contributed by atoms with Gasteiger partial charge in [0, 0.05) is 17.1 Å². The Bertz CT molecular complexity index is 1690. The van der Waals surface area contributed by atoms with Crippen molar-refractivity contribution < 1.29 is 22.8 Å². The average molecular weight is 606 g/mol. The van der Waals surface area contributed by atoms with Crippen molar-refractivity contribution in [3.05, 3.63) is 66.2 Å². The molecule has 14 heteroatoms. The van der Waals surface area contributed by atoms with Crippen LogP contribution in [0.3, 0.4) is 0 Å². The van der Waals surface area contributed by atoms with Crippen molar-refractivity contribution in [2.45, 2.75) is 14.9 Å². The third-order valence-electron chi connectivity index (χ3n) is 5.17. The van der Waals surface area contributed by atoms with Gasteiger partial charge in [0.1, 0.15) is 0 Å². The molecule has 0 bridgehead atoms. The van der Waals surface area contributed by atoms with E-state index in [9.17, 15) is 22.8 Å². The van der Waals surface area contributed by atoms with Crippen molar-refractivity contribution in [3.63, 3.8) is 0 Å². The van der Waals surface area contributed by atoms with Crippen molar-refractivity contribution in [1.29, 1.82) is 0 Å². The molecule has 0 spiro atoms. The number of alkyl halides is 3. The number of anilines is 3. The number of amides is 2. The first-order valence-electron chi connectivity index (χ1n) is 11.2. The normalized spacial score (nSPS) is 11.7. The Hall–Kier alpha value is -3.33. The summed E-state index contributed by atoms with van der Waals surface area (Å²) in [5.74, 6) is -0.447. The van der Waals surface area contributed by atoms with E-state index in [1.807, 2.05) is 18.2 Å². The number of hydrogen-bond donors (Lipinski definition) is 3. The minimum Gasteiger partial charge on any atom is -0.399 e. The van der Waals surface area contributed by atoms with Gasteiger partial charge in [0.25, 0.3) is 0 Å². The fraction of sp³-hybridized carbons (Fsp3) is 0.120. The molecule has 39 heavy (non-hydrogen) atoms. The van der Waals surface area contributed by atoms with E-state index in [0.717, 1.165) is 31.4 Å². The lowest BCUT2D eigenvalue weighted by molar-refractivity contribution is -0.137. The number of nitrogens with zero attached hydrogens (tertiary/aromatic N) is 2. The van der Waals surface area contributed by atoms with Crippen molar-refractivity contribution in [3.8, 4) is 0 Å². The number of halogens is 3. The number of aromatic nitrogens is 2. The van der Waals surface area contributed by atoms with Crippen LogP contribution < -0.4 is 16.4 Å². The lowest BCUT2D eigenvalue weighted by Gasteiger charge is -2.09. The molecule has 0 unspecified atom stereocenters. The Labute approximate surface area is 236 Å². The molecule has 5 rings (SSSR count). The standard InChI is InChI=1S/C25H18F3N5O2S4/c26-25(27,28)13-2-1-3-15(8-13)30-21(34)11-37-24-33-18-7-5-16(10-20(18)39-24)31-22(35)12-36-23-32-17-6-4-14(29)9-19(17)38-23/h1-10H,11-12,29H2,(H,30,34)(H,31,35). The minimum absolute atomic E-state index is 0.0186. The maximum Gasteiger partial charge on any atom is 0.416 e. The van der Waals surface area contributed by atoms with Crippen LogP contribution in [0.15, 0.2) is 69.3 Å². The second-order valence-corrected chi connectivity index (χ2v) is 12.6. The number of carbonyl (C=O) groups excluding carboxylic acids is 2. The number of hydrogen-bond acceptors (Lipinski definition) is 9. The topological polar surface area (TPSA) is 110 Å². The molecule has 0 saturated heterocycles. The van der Waals surface area contributed by atoms with E-state index in [4.69, 9.17) is 5.73 Å². The van der Waals surface area contributed by atoms with Gasteiger partial charge in [-0.2, -0.15) is 13.2 Å². The number of rotatable bonds is 8. The van der Waals surface area contributed by atoms with Crippen LogP contribution in [0.4, 0.5) is 30.2 Å². The lowest BCUT2D eigenvalue weighted by atomic mass is 10.2. The summed E-state index contributed by atoms with van der Waals surface area (Å²) < 4.78 is 41.8. The molecule has 5 aromatic rings. The Morgan fingerprint density at radius 3 is 1.97 bits per heavy atom. The second-order valence-electron chi connectivity index (χ2n) is 8.12. The number of thioether (sulfide) groups is 2. The van der Waals surface area contributed by atoms with E-state index in [2.05, 4.69) is 20.6 Å². The first-order chi connectivity index (χ1) is 18.6. The van der Waals surface area contributed by atoms with Crippen LogP contribution in [0.5, 0.6) is 0 Å². The SMILES string of the molecule is Nc1ccc2nc(SCC(=O)Nc3ccc4nc(SCC(=O)Nc5cccc(C(F)(F)F)c5)sc4c3)sc2c1. The first kappa shape index (κ1) is 27.2. The predicted octanol–water partition coefficient (Wildman–Crippen LogP) is 6.97. The highest BCUT2D eigenvalue weighted by atomic mass is 32.2. The van der Waals surface area contributed by atoms with Crippen molar-refractivity contribution in [2.24, 2.45) is 0 Å². The van der Waals surface area contributed by atoms with Gasteiger partial charge in [-0.25, -0.2) is 9.97 Å². The Kier molecular flexibility index (Phi) is 7.98. The molecule has 0 atom stereocenters. The fourth-order valence-corrected chi connectivity index (χ4v) is 7.27. The molecular formula is C25H18F3N5O2S4. The molecule has 0 aliphatic heterocycles. The van der Waals surface area contributed by atoms with Crippen LogP contribution >= 0.6 is 46.2 Å². The molecule has 2 heterocycles. The Morgan fingerprint density at radius 1 is 0.795 bits per heavy atom. The van der Waals surface area contributed by atoms with Gasteiger partial charge >= 0.3 is 6.18 Å². The van der Waals surface area contributed by atoms with Crippen LogP contribution in [0.1, 0.15) is 5.56 Å². The maximum absolute atomic E-state index is 12.9. The third kappa shape index (κ3) is 7.01. The summed E-state index contributed by atoms with van der Waals surface area (Å²) in [4.78, 5) is 33.8. The summed E-state index contributed by atoms with van der Waals surface area (Å²) in [6.45, 7) is 0. The molecular weight excluding hydrogens is 588 g/mol. The van der Waals surface area contributed by atoms with Gasteiger partial charge in [-0.15, -0.1) is 22.7 Å². The number of carbonyl (C=O) groups is 2. The molecule has 2 amide bonds. The summed E-state index contributed by atoms with van der Waals surface area (Å²) in [6, 6.07) is 15.3. The van der Waals surface area contributed by atoms with E-state index >= 15 is 0 Å². The largest absolute Gasteiger partial charge is 0.416 e. The van der Waals surface area contributed by atoms with E-state index < -0.39 is 17.6 Å². The monoisotopic (exact) mass is 605 g/mol. The molecule has 3 aromatic carbocycles. The van der Waals surface area contributed by atoms with Crippen molar-refractivity contribution in [2.75, 3.05) is 27.9 Å². The van der Waals surface area contributed by atoms with Crippen LogP contribution in [-0.2, 0) is 15.8 Å². The zero-order valence-electron chi connectivity index (χ0n) is 19.7. The van der Waals surface area contributed by atoms with E-state index in [0.29, 0.717) is 21.2 Å². The summed E-state index contributed by atoms with van der Waals surface area (Å²) in [7, 11) is 0. The molecule has 0 saturated carbocycles. The number of fused-ring (bicyclic) bond motifs is 2. The van der Waals surface area contributed by atoms with Gasteiger partial charge in [-0.3, -0.25) is 9.59 Å². The molecule has 7 nitrogen and oxygen atoms in total. The molecule has 4 N–H and O–H groups in total. The first-order valence-corrected chi connectivity index (χ1v) is 14.8. The van der Waals surface area contributed by atoms with Crippen LogP contribution in [0.25, 0.3) is 20.4 Å². The summed E-state index contributed by atoms with van der Waals surface area (Å²) >= 11 is 5.36. The number of nitrogen functional groups attached to an aromatic ring is 1. The number of nitrogens with one attached hydrogen (secondary N) is 2. The quantitative estimate of drug-likeness (QED) is 0.129. The van der Waals surface area contributed by atoms with Gasteiger partial charge in [-0.05, 0) is 54.6 Å². The summed E-state index contributed by atoms with van der Waals surface area (Å²) in [5, 5.41) is 5.36. The zero-order chi connectivity index (χ0) is 27.6. The van der Waals surface area contributed by atoms with Crippen LogP contribution in [-0.4, -0.2) is 33.3 Å². The van der Waals surface area contributed by atoms with E-state index in [1.54, 1.807) is 18.2 Å². The highest BCUT2D eigenvalue weighted by Crippen LogP contribution is 2.33. The highest BCUT2D eigenvalue weighted by molar-refractivity contribution is 8.02. The Morgan fingerprint density at radius 2 is 1.36 bits per heavy atom. The third-order valence-corrected chi connectivity index (χ3v) is 9.49. The van der Waals surface area contributed by atoms with E-state index in [-0.39, 0.29) is 23.1 Å².